The highest BCUT2D eigenvalue weighted by atomic mass is 35.5. The van der Waals surface area contributed by atoms with Gasteiger partial charge in [-0.25, -0.2) is 4.98 Å². The molecule has 0 saturated heterocycles. The highest BCUT2D eigenvalue weighted by Gasteiger charge is 2.23. The molecule has 2 aromatic rings. The van der Waals surface area contributed by atoms with Crippen LogP contribution in [0.1, 0.15) is 50.0 Å². The van der Waals surface area contributed by atoms with E-state index in [0.29, 0.717) is 0 Å². The van der Waals surface area contributed by atoms with Gasteiger partial charge in [-0.3, -0.25) is 0 Å². The SMILES string of the molecule is CCNC(c1nc(C(C)(C)C)cs1)c1ccccc1Cl. The summed E-state index contributed by atoms with van der Waals surface area (Å²) in [7, 11) is 0. The molecule has 4 heteroatoms. The maximum atomic E-state index is 6.34. The van der Waals surface area contributed by atoms with Crippen molar-refractivity contribution in [1.82, 2.24) is 10.3 Å². The van der Waals surface area contributed by atoms with Gasteiger partial charge in [-0.1, -0.05) is 57.5 Å². The molecule has 0 fully saturated rings. The third-order valence-corrected chi connectivity index (χ3v) is 4.42. The van der Waals surface area contributed by atoms with Crippen molar-refractivity contribution in [2.45, 2.75) is 39.2 Å². The molecular formula is C16H21ClN2S. The first-order valence-electron chi connectivity index (χ1n) is 6.87. The predicted molar refractivity (Wildman–Crippen MR) is 87.8 cm³/mol. The maximum absolute atomic E-state index is 6.34. The van der Waals surface area contributed by atoms with E-state index in [1.807, 2.05) is 18.2 Å². The summed E-state index contributed by atoms with van der Waals surface area (Å²) in [6.45, 7) is 9.53. The molecule has 0 saturated carbocycles. The molecule has 0 bridgehead atoms. The largest absolute Gasteiger partial charge is 0.304 e. The van der Waals surface area contributed by atoms with Gasteiger partial charge in [-0.2, -0.15) is 0 Å². The summed E-state index contributed by atoms with van der Waals surface area (Å²) in [5.74, 6) is 0. The van der Waals surface area contributed by atoms with Gasteiger partial charge in [-0.15, -0.1) is 11.3 Å². The Labute approximate surface area is 130 Å². The summed E-state index contributed by atoms with van der Waals surface area (Å²) in [5.41, 5.74) is 2.30. The Hall–Kier alpha value is -0.900. The summed E-state index contributed by atoms with van der Waals surface area (Å²) in [6.07, 6.45) is 0. The van der Waals surface area contributed by atoms with Crippen molar-refractivity contribution in [3.8, 4) is 0 Å². The molecular weight excluding hydrogens is 288 g/mol. The number of halogens is 1. The Bertz CT molecular complexity index is 572. The Kier molecular flexibility index (Phi) is 4.84. The molecule has 1 atom stereocenters. The van der Waals surface area contributed by atoms with E-state index in [1.165, 1.54) is 0 Å². The monoisotopic (exact) mass is 308 g/mol. The third-order valence-electron chi connectivity index (χ3n) is 3.16. The van der Waals surface area contributed by atoms with E-state index < -0.39 is 0 Å². The fourth-order valence-corrected chi connectivity index (χ4v) is 3.39. The quantitative estimate of drug-likeness (QED) is 0.878. The molecule has 2 rings (SSSR count). The number of thiazole rings is 1. The fraction of sp³-hybridized carbons (Fsp3) is 0.438. The predicted octanol–water partition coefficient (Wildman–Crippen LogP) is 4.79. The zero-order valence-corrected chi connectivity index (χ0v) is 14.0. The van der Waals surface area contributed by atoms with Gasteiger partial charge in [0.25, 0.3) is 0 Å². The third kappa shape index (κ3) is 3.40. The Morgan fingerprint density at radius 1 is 1.30 bits per heavy atom. The van der Waals surface area contributed by atoms with E-state index in [1.54, 1.807) is 11.3 Å². The van der Waals surface area contributed by atoms with E-state index in [9.17, 15) is 0 Å². The van der Waals surface area contributed by atoms with Crippen molar-refractivity contribution in [2.24, 2.45) is 0 Å². The molecule has 1 aromatic heterocycles. The van der Waals surface area contributed by atoms with Crippen molar-refractivity contribution in [3.05, 3.63) is 50.9 Å². The second-order valence-corrected chi connectivity index (χ2v) is 7.13. The van der Waals surface area contributed by atoms with Crippen LogP contribution in [0.4, 0.5) is 0 Å². The topological polar surface area (TPSA) is 24.9 Å². The molecule has 0 aliphatic heterocycles. The highest BCUT2D eigenvalue weighted by Crippen LogP contribution is 2.32. The van der Waals surface area contributed by atoms with E-state index >= 15 is 0 Å². The first kappa shape index (κ1) is 15.5. The highest BCUT2D eigenvalue weighted by molar-refractivity contribution is 7.09. The molecule has 108 valence electrons. The number of hydrogen-bond donors (Lipinski definition) is 1. The number of nitrogens with zero attached hydrogens (tertiary/aromatic N) is 1. The van der Waals surface area contributed by atoms with Gasteiger partial charge < -0.3 is 5.32 Å². The van der Waals surface area contributed by atoms with Gasteiger partial charge in [0.15, 0.2) is 0 Å². The van der Waals surface area contributed by atoms with Gasteiger partial charge in [0.05, 0.1) is 11.7 Å². The Balaban J connectivity index is 2.39. The second-order valence-electron chi connectivity index (χ2n) is 5.83. The molecule has 2 nitrogen and oxygen atoms in total. The molecule has 0 aliphatic rings. The van der Waals surface area contributed by atoms with Crippen LogP contribution in [0, 0.1) is 0 Å². The first-order valence-corrected chi connectivity index (χ1v) is 8.13. The zero-order chi connectivity index (χ0) is 14.8. The molecule has 0 amide bonds. The minimum absolute atomic E-state index is 0.0646. The average Bonchev–Trinajstić information content (AvgIpc) is 2.86. The van der Waals surface area contributed by atoms with Crippen molar-refractivity contribution in [2.75, 3.05) is 6.54 Å². The van der Waals surface area contributed by atoms with Gasteiger partial charge in [0, 0.05) is 15.8 Å². The summed E-state index contributed by atoms with van der Waals surface area (Å²) < 4.78 is 0. The smallest absolute Gasteiger partial charge is 0.114 e. The lowest BCUT2D eigenvalue weighted by molar-refractivity contribution is 0.562. The van der Waals surface area contributed by atoms with Crippen LogP contribution in [0.5, 0.6) is 0 Å². The summed E-state index contributed by atoms with van der Waals surface area (Å²) >= 11 is 8.03. The molecule has 1 unspecified atom stereocenters. The summed E-state index contributed by atoms with van der Waals surface area (Å²) in [4.78, 5) is 4.82. The lowest BCUT2D eigenvalue weighted by atomic mass is 9.93. The number of aromatic nitrogens is 1. The number of hydrogen-bond acceptors (Lipinski definition) is 3. The normalized spacial score (nSPS) is 13.4. The Morgan fingerprint density at radius 3 is 2.55 bits per heavy atom. The lowest BCUT2D eigenvalue weighted by Crippen LogP contribution is -2.22. The standard InChI is InChI=1S/C16H21ClN2S/c1-5-18-14(11-8-6-7-9-12(11)17)15-19-13(10-20-15)16(2,3)4/h6-10,14,18H,5H2,1-4H3. The van der Waals surface area contributed by atoms with Crippen molar-refractivity contribution < 1.29 is 0 Å². The van der Waals surface area contributed by atoms with Crippen LogP contribution in [-0.2, 0) is 5.41 Å². The fourth-order valence-electron chi connectivity index (χ4n) is 2.01. The summed E-state index contributed by atoms with van der Waals surface area (Å²) in [5, 5.41) is 7.49. The molecule has 1 N–H and O–H groups in total. The number of benzene rings is 1. The molecule has 20 heavy (non-hydrogen) atoms. The molecule has 0 spiro atoms. The van der Waals surface area contributed by atoms with Gasteiger partial charge >= 0.3 is 0 Å². The van der Waals surface area contributed by atoms with Crippen molar-refractivity contribution in [3.63, 3.8) is 0 Å². The average molecular weight is 309 g/mol. The van der Waals surface area contributed by atoms with Crippen LogP contribution in [0.3, 0.4) is 0 Å². The van der Waals surface area contributed by atoms with Crippen LogP contribution in [0.25, 0.3) is 0 Å². The lowest BCUT2D eigenvalue weighted by Gasteiger charge is -2.18. The maximum Gasteiger partial charge on any atom is 0.114 e. The molecule has 1 heterocycles. The van der Waals surface area contributed by atoms with Crippen LogP contribution < -0.4 is 5.32 Å². The molecule has 0 aliphatic carbocycles. The van der Waals surface area contributed by atoms with Crippen molar-refractivity contribution >= 4 is 22.9 Å². The van der Waals surface area contributed by atoms with Gasteiger partial charge in [0.1, 0.15) is 5.01 Å². The number of rotatable bonds is 4. The van der Waals surface area contributed by atoms with Crippen LogP contribution in [0.2, 0.25) is 5.02 Å². The second kappa shape index (κ2) is 6.25. The zero-order valence-electron chi connectivity index (χ0n) is 12.4. The minimum atomic E-state index is 0.0646. The van der Waals surface area contributed by atoms with E-state index in [2.05, 4.69) is 44.5 Å². The van der Waals surface area contributed by atoms with Crippen LogP contribution >= 0.6 is 22.9 Å². The van der Waals surface area contributed by atoms with Crippen LogP contribution in [0.15, 0.2) is 29.6 Å². The molecule has 1 aromatic carbocycles. The van der Waals surface area contributed by atoms with Gasteiger partial charge in [-0.05, 0) is 18.2 Å². The van der Waals surface area contributed by atoms with E-state index in [0.717, 1.165) is 27.8 Å². The number of nitrogens with one attached hydrogen (secondary N) is 1. The minimum Gasteiger partial charge on any atom is -0.304 e. The van der Waals surface area contributed by atoms with Crippen LogP contribution in [-0.4, -0.2) is 11.5 Å². The van der Waals surface area contributed by atoms with E-state index in [-0.39, 0.29) is 11.5 Å². The Morgan fingerprint density at radius 2 is 2.00 bits per heavy atom. The van der Waals surface area contributed by atoms with Crippen molar-refractivity contribution in [1.29, 1.82) is 0 Å². The summed E-state index contributed by atoms with van der Waals surface area (Å²) in [6, 6.07) is 8.03. The van der Waals surface area contributed by atoms with E-state index in [4.69, 9.17) is 16.6 Å². The molecule has 0 radical (unpaired) electrons. The first-order chi connectivity index (χ1) is 9.43. The van der Waals surface area contributed by atoms with Gasteiger partial charge in [0.2, 0.25) is 0 Å².